The summed E-state index contributed by atoms with van der Waals surface area (Å²) in [4.78, 5) is 4.53. The maximum absolute atomic E-state index is 5.29. The molecule has 5 nitrogen and oxygen atoms in total. The zero-order valence-electron chi connectivity index (χ0n) is 12.7. The summed E-state index contributed by atoms with van der Waals surface area (Å²) in [6.07, 6.45) is 0.854. The molecule has 0 radical (unpaired) electrons. The Bertz CT molecular complexity index is 585. The highest BCUT2D eigenvalue weighted by Crippen LogP contribution is 2.31. The average molecular weight is 275 g/mol. The summed E-state index contributed by atoms with van der Waals surface area (Å²) in [7, 11) is 3.23. The highest BCUT2D eigenvalue weighted by Gasteiger charge is 2.16. The maximum Gasteiger partial charge on any atom is 0.181 e. The summed E-state index contributed by atoms with van der Waals surface area (Å²) in [5.41, 5.74) is 1.08. The van der Waals surface area contributed by atoms with Crippen molar-refractivity contribution < 1.29 is 9.47 Å². The summed E-state index contributed by atoms with van der Waals surface area (Å²) < 4.78 is 10.5. The number of nitrogens with zero attached hydrogens (tertiary/aromatic N) is 2. The van der Waals surface area contributed by atoms with Crippen LogP contribution in [0.4, 0.5) is 0 Å². The molecule has 0 atom stereocenters. The summed E-state index contributed by atoms with van der Waals surface area (Å²) >= 11 is 0. The van der Waals surface area contributed by atoms with Gasteiger partial charge in [0.05, 0.1) is 14.2 Å². The topological polar surface area (TPSA) is 60.0 Å². The van der Waals surface area contributed by atoms with E-state index in [0.29, 0.717) is 17.3 Å². The van der Waals surface area contributed by atoms with Crippen molar-refractivity contribution in [3.05, 3.63) is 24.0 Å². The van der Waals surface area contributed by atoms with Crippen LogP contribution in [0.1, 0.15) is 26.6 Å². The molecule has 0 aliphatic heterocycles. The van der Waals surface area contributed by atoms with E-state index in [0.717, 1.165) is 17.8 Å². The number of H-pyrrole nitrogens is 1. The molecule has 2 rings (SSSR count). The van der Waals surface area contributed by atoms with Gasteiger partial charge in [0.1, 0.15) is 5.82 Å². The zero-order valence-corrected chi connectivity index (χ0v) is 12.7. The predicted molar refractivity (Wildman–Crippen MR) is 78.1 cm³/mol. The van der Waals surface area contributed by atoms with Crippen LogP contribution in [0.15, 0.2) is 18.2 Å². The second-order valence-electron chi connectivity index (χ2n) is 5.91. The molecule has 5 heteroatoms. The number of hydrogen-bond donors (Lipinski definition) is 1. The van der Waals surface area contributed by atoms with Crippen molar-refractivity contribution in [1.82, 2.24) is 15.2 Å². The van der Waals surface area contributed by atoms with Gasteiger partial charge in [0, 0.05) is 12.0 Å². The zero-order chi connectivity index (χ0) is 14.8. The SMILES string of the molecule is COc1ccc(-c2n[nH]c(CC(C)(C)C)n2)cc1OC. The van der Waals surface area contributed by atoms with Crippen LogP contribution in [-0.2, 0) is 6.42 Å². The van der Waals surface area contributed by atoms with E-state index in [1.165, 1.54) is 0 Å². The fraction of sp³-hybridized carbons (Fsp3) is 0.467. The predicted octanol–water partition coefficient (Wildman–Crippen LogP) is 3.08. The number of rotatable bonds is 4. The molecule has 108 valence electrons. The maximum atomic E-state index is 5.29. The van der Waals surface area contributed by atoms with Crippen LogP contribution in [0.25, 0.3) is 11.4 Å². The van der Waals surface area contributed by atoms with Gasteiger partial charge in [-0.05, 0) is 23.6 Å². The molecule has 1 aromatic heterocycles. The summed E-state index contributed by atoms with van der Waals surface area (Å²) in [6, 6.07) is 5.65. The Labute approximate surface area is 119 Å². The molecule has 0 spiro atoms. The van der Waals surface area contributed by atoms with Crippen molar-refractivity contribution in [2.45, 2.75) is 27.2 Å². The molecule has 0 aliphatic rings. The van der Waals surface area contributed by atoms with Crippen LogP contribution in [-0.4, -0.2) is 29.4 Å². The quantitative estimate of drug-likeness (QED) is 0.931. The molecule has 0 aliphatic carbocycles. The molecule has 20 heavy (non-hydrogen) atoms. The van der Waals surface area contributed by atoms with Crippen molar-refractivity contribution in [1.29, 1.82) is 0 Å². The number of hydrogen-bond acceptors (Lipinski definition) is 4. The van der Waals surface area contributed by atoms with E-state index in [4.69, 9.17) is 9.47 Å². The Morgan fingerprint density at radius 1 is 1.10 bits per heavy atom. The van der Waals surface area contributed by atoms with E-state index in [1.807, 2.05) is 18.2 Å². The lowest BCUT2D eigenvalue weighted by Gasteiger charge is -2.15. The molecular formula is C15H21N3O2. The molecule has 2 aromatic rings. The highest BCUT2D eigenvalue weighted by atomic mass is 16.5. The second-order valence-corrected chi connectivity index (χ2v) is 5.91. The van der Waals surface area contributed by atoms with Crippen molar-refractivity contribution >= 4 is 0 Å². The molecule has 0 bridgehead atoms. The number of aromatic amines is 1. The van der Waals surface area contributed by atoms with E-state index >= 15 is 0 Å². The van der Waals surface area contributed by atoms with Gasteiger partial charge in [-0.1, -0.05) is 20.8 Å². The van der Waals surface area contributed by atoms with Crippen molar-refractivity contribution in [2.24, 2.45) is 5.41 Å². The first-order chi connectivity index (χ1) is 9.43. The van der Waals surface area contributed by atoms with Crippen LogP contribution < -0.4 is 9.47 Å². The summed E-state index contributed by atoms with van der Waals surface area (Å²) in [5, 5.41) is 7.26. The molecule has 1 aromatic carbocycles. The first-order valence-electron chi connectivity index (χ1n) is 6.56. The van der Waals surface area contributed by atoms with Gasteiger partial charge < -0.3 is 9.47 Å². The molecule has 0 fully saturated rings. The van der Waals surface area contributed by atoms with Gasteiger partial charge >= 0.3 is 0 Å². The standard InChI is InChI=1S/C15H21N3O2/c1-15(2,3)9-13-16-14(18-17-13)10-6-7-11(19-4)12(8-10)20-5/h6-8H,9H2,1-5H3,(H,16,17,18). The van der Waals surface area contributed by atoms with Crippen LogP contribution >= 0.6 is 0 Å². The molecule has 0 saturated heterocycles. The molecule has 0 saturated carbocycles. The molecular weight excluding hydrogens is 254 g/mol. The third-order valence-electron chi connectivity index (χ3n) is 2.87. The van der Waals surface area contributed by atoms with Crippen molar-refractivity contribution in [3.63, 3.8) is 0 Å². The number of nitrogens with one attached hydrogen (secondary N) is 1. The van der Waals surface area contributed by atoms with E-state index in [-0.39, 0.29) is 5.41 Å². The van der Waals surface area contributed by atoms with Gasteiger partial charge in [-0.15, -0.1) is 0 Å². The second kappa shape index (κ2) is 5.53. The lowest BCUT2D eigenvalue weighted by molar-refractivity contribution is 0.355. The van der Waals surface area contributed by atoms with Gasteiger partial charge in [-0.2, -0.15) is 5.10 Å². The molecule has 1 heterocycles. The third kappa shape index (κ3) is 3.29. The Morgan fingerprint density at radius 2 is 1.80 bits per heavy atom. The lowest BCUT2D eigenvalue weighted by atomic mass is 9.92. The Balaban J connectivity index is 2.28. The minimum atomic E-state index is 0.175. The first kappa shape index (κ1) is 14.4. The minimum Gasteiger partial charge on any atom is -0.493 e. The first-order valence-corrected chi connectivity index (χ1v) is 6.56. The number of methoxy groups -OCH3 is 2. The average Bonchev–Trinajstić information content (AvgIpc) is 2.84. The van der Waals surface area contributed by atoms with Crippen LogP contribution in [0.2, 0.25) is 0 Å². The minimum absolute atomic E-state index is 0.175. The summed E-state index contributed by atoms with van der Waals surface area (Å²) in [6.45, 7) is 6.52. The molecule has 0 unspecified atom stereocenters. The van der Waals surface area contributed by atoms with Gasteiger partial charge in [0.15, 0.2) is 17.3 Å². The van der Waals surface area contributed by atoms with E-state index in [2.05, 4.69) is 36.0 Å². The van der Waals surface area contributed by atoms with Gasteiger partial charge in [0.2, 0.25) is 0 Å². The number of aromatic nitrogens is 3. The van der Waals surface area contributed by atoms with Crippen LogP contribution in [0, 0.1) is 5.41 Å². The van der Waals surface area contributed by atoms with Gasteiger partial charge in [0.25, 0.3) is 0 Å². The molecule has 0 amide bonds. The Morgan fingerprint density at radius 3 is 2.40 bits per heavy atom. The largest absolute Gasteiger partial charge is 0.493 e. The monoisotopic (exact) mass is 275 g/mol. The van der Waals surface area contributed by atoms with E-state index in [1.54, 1.807) is 14.2 Å². The molecule has 1 N–H and O–H groups in total. The fourth-order valence-corrected chi connectivity index (χ4v) is 1.98. The number of benzene rings is 1. The lowest BCUT2D eigenvalue weighted by Crippen LogP contribution is -2.10. The fourth-order valence-electron chi connectivity index (χ4n) is 1.98. The van der Waals surface area contributed by atoms with Crippen molar-refractivity contribution in [2.75, 3.05) is 14.2 Å². The Kier molecular flexibility index (Phi) is 3.97. The van der Waals surface area contributed by atoms with E-state index < -0.39 is 0 Å². The Hall–Kier alpha value is -2.04. The third-order valence-corrected chi connectivity index (χ3v) is 2.87. The normalized spacial score (nSPS) is 11.4. The highest BCUT2D eigenvalue weighted by molar-refractivity contribution is 5.60. The van der Waals surface area contributed by atoms with Gasteiger partial charge in [-0.25, -0.2) is 4.98 Å². The summed E-state index contributed by atoms with van der Waals surface area (Å²) in [5.74, 6) is 2.93. The van der Waals surface area contributed by atoms with Crippen LogP contribution in [0.5, 0.6) is 11.5 Å². The number of ether oxygens (including phenoxy) is 2. The van der Waals surface area contributed by atoms with Crippen molar-refractivity contribution in [3.8, 4) is 22.9 Å². The van der Waals surface area contributed by atoms with E-state index in [9.17, 15) is 0 Å². The van der Waals surface area contributed by atoms with Gasteiger partial charge in [-0.3, -0.25) is 5.10 Å². The smallest absolute Gasteiger partial charge is 0.181 e. The van der Waals surface area contributed by atoms with Crippen LogP contribution in [0.3, 0.4) is 0 Å².